The zero-order valence-corrected chi connectivity index (χ0v) is 23.7. The van der Waals surface area contributed by atoms with Crippen LogP contribution in [0.1, 0.15) is 62.1 Å². The van der Waals surface area contributed by atoms with Gasteiger partial charge >= 0.3 is 0 Å². The number of benzene rings is 3. The second-order valence-electron chi connectivity index (χ2n) is 10.3. The first-order chi connectivity index (χ1) is 19.1. The summed E-state index contributed by atoms with van der Waals surface area (Å²) in [6.45, 7) is 6.17. The fourth-order valence-corrected chi connectivity index (χ4v) is 5.24. The minimum Gasteiger partial charge on any atom is -0.494 e. The van der Waals surface area contributed by atoms with Gasteiger partial charge in [-0.3, -0.25) is 0 Å². The molecule has 0 saturated heterocycles. The van der Waals surface area contributed by atoms with Gasteiger partial charge in [-0.15, -0.1) is 0 Å². The van der Waals surface area contributed by atoms with E-state index in [2.05, 4.69) is 56.3 Å². The van der Waals surface area contributed by atoms with E-state index in [0.29, 0.717) is 13.2 Å². The van der Waals surface area contributed by atoms with Gasteiger partial charge in [-0.05, 0) is 72.7 Å². The van der Waals surface area contributed by atoms with Gasteiger partial charge in [0.2, 0.25) is 0 Å². The lowest BCUT2D eigenvalue weighted by atomic mass is 9.66. The van der Waals surface area contributed by atoms with Crippen LogP contribution in [0.5, 0.6) is 23.0 Å². The van der Waals surface area contributed by atoms with E-state index in [-0.39, 0.29) is 24.9 Å². The molecule has 0 amide bonds. The second kappa shape index (κ2) is 14.2. The number of methoxy groups -OCH3 is 2. The highest BCUT2D eigenvalue weighted by molar-refractivity contribution is 5.48. The maximum absolute atomic E-state index is 6.35. The van der Waals surface area contributed by atoms with Crippen LogP contribution in [0, 0.1) is 0 Å². The smallest absolute Gasteiger partial charge is 0.188 e. The summed E-state index contributed by atoms with van der Waals surface area (Å²) < 4.78 is 33.9. The SMILES string of the molecule is CCCCc1ccc(OCCCC2c3ccc(OCOC)cc3OCC2(C)c2ccc(OCOC)cc2)cc1. The van der Waals surface area contributed by atoms with Gasteiger partial charge in [-0.25, -0.2) is 0 Å². The van der Waals surface area contributed by atoms with Gasteiger partial charge in [0, 0.05) is 31.6 Å². The zero-order chi connectivity index (χ0) is 27.5. The molecule has 3 aromatic rings. The summed E-state index contributed by atoms with van der Waals surface area (Å²) >= 11 is 0. The summed E-state index contributed by atoms with van der Waals surface area (Å²) in [5, 5.41) is 0. The molecule has 39 heavy (non-hydrogen) atoms. The Labute approximate surface area is 233 Å². The number of hydrogen-bond acceptors (Lipinski definition) is 6. The first-order valence-corrected chi connectivity index (χ1v) is 13.9. The summed E-state index contributed by atoms with van der Waals surface area (Å²) in [5.74, 6) is 3.56. The normalized spacial score (nSPS) is 18.2. The van der Waals surface area contributed by atoms with E-state index < -0.39 is 0 Å². The molecule has 1 heterocycles. The van der Waals surface area contributed by atoms with Gasteiger partial charge in [0.25, 0.3) is 0 Å². The van der Waals surface area contributed by atoms with Crippen molar-refractivity contribution in [3.8, 4) is 23.0 Å². The van der Waals surface area contributed by atoms with Gasteiger partial charge in [-0.2, -0.15) is 0 Å². The third-order valence-electron chi connectivity index (χ3n) is 7.51. The molecular formula is C33H42O6. The average Bonchev–Trinajstić information content (AvgIpc) is 2.97. The van der Waals surface area contributed by atoms with E-state index in [4.69, 9.17) is 28.4 Å². The van der Waals surface area contributed by atoms with Crippen LogP contribution >= 0.6 is 0 Å². The van der Waals surface area contributed by atoms with E-state index >= 15 is 0 Å². The molecule has 2 atom stereocenters. The molecule has 1 aliphatic heterocycles. The van der Waals surface area contributed by atoms with Crippen molar-refractivity contribution in [1.82, 2.24) is 0 Å². The van der Waals surface area contributed by atoms with Crippen molar-refractivity contribution in [2.75, 3.05) is 41.0 Å². The number of aryl methyl sites for hydroxylation is 1. The largest absolute Gasteiger partial charge is 0.494 e. The fraction of sp³-hybridized carbons (Fsp3) is 0.455. The lowest BCUT2D eigenvalue weighted by Crippen LogP contribution is -2.40. The number of fused-ring (bicyclic) bond motifs is 1. The highest BCUT2D eigenvalue weighted by Gasteiger charge is 2.42. The minimum absolute atomic E-state index is 0.203. The lowest BCUT2D eigenvalue weighted by molar-refractivity contribution is 0.0505. The Morgan fingerprint density at radius 3 is 2.13 bits per heavy atom. The topological polar surface area (TPSA) is 55.4 Å². The molecule has 4 rings (SSSR count). The van der Waals surface area contributed by atoms with Gasteiger partial charge in [-0.1, -0.05) is 50.6 Å². The molecule has 6 nitrogen and oxygen atoms in total. The number of unbranched alkanes of at least 4 members (excludes halogenated alkanes) is 1. The van der Waals surface area contributed by atoms with Crippen LogP contribution in [-0.2, 0) is 21.3 Å². The lowest BCUT2D eigenvalue weighted by Gasteiger charge is -2.43. The van der Waals surface area contributed by atoms with E-state index in [1.165, 1.54) is 29.5 Å². The van der Waals surface area contributed by atoms with Crippen molar-refractivity contribution >= 4 is 0 Å². The van der Waals surface area contributed by atoms with Gasteiger partial charge in [0.1, 0.15) is 23.0 Å². The van der Waals surface area contributed by atoms with Crippen LogP contribution in [0.15, 0.2) is 66.7 Å². The molecule has 0 bridgehead atoms. The van der Waals surface area contributed by atoms with Crippen LogP contribution < -0.4 is 18.9 Å². The fourth-order valence-electron chi connectivity index (χ4n) is 5.24. The van der Waals surface area contributed by atoms with Crippen molar-refractivity contribution < 1.29 is 28.4 Å². The van der Waals surface area contributed by atoms with Crippen LogP contribution in [-0.4, -0.2) is 41.0 Å². The van der Waals surface area contributed by atoms with Crippen molar-refractivity contribution in [3.05, 3.63) is 83.4 Å². The maximum Gasteiger partial charge on any atom is 0.188 e. The molecule has 1 aliphatic rings. The molecule has 0 fully saturated rings. The molecule has 0 aliphatic carbocycles. The van der Waals surface area contributed by atoms with Crippen molar-refractivity contribution in [2.24, 2.45) is 0 Å². The molecule has 0 radical (unpaired) electrons. The van der Waals surface area contributed by atoms with Gasteiger partial charge < -0.3 is 28.4 Å². The molecular weight excluding hydrogens is 492 g/mol. The zero-order valence-electron chi connectivity index (χ0n) is 23.7. The molecule has 0 saturated carbocycles. The summed E-state index contributed by atoms with van der Waals surface area (Å²) in [5.41, 5.74) is 3.55. The molecule has 2 unspecified atom stereocenters. The Morgan fingerprint density at radius 1 is 0.795 bits per heavy atom. The predicted molar refractivity (Wildman–Crippen MR) is 153 cm³/mol. The number of hydrogen-bond donors (Lipinski definition) is 0. The van der Waals surface area contributed by atoms with Crippen LogP contribution in [0.4, 0.5) is 0 Å². The molecule has 0 aromatic heterocycles. The molecule has 0 N–H and O–H groups in total. The molecule has 210 valence electrons. The molecule has 0 spiro atoms. The van der Waals surface area contributed by atoms with Crippen LogP contribution in [0.3, 0.4) is 0 Å². The summed E-state index contributed by atoms with van der Waals surface area (Å²) in [4.78, 5) is 0. The Hall–Kier alpha value is -3.22. The van der Waals surface area contributed by atoms with E-state index in [1.807, 2.05) is 24.3 Å². The van der Waals surface area contributed by atoms with Crippen LogP contribution in [0.25, 0.3) is 0 Å². The quantitative estimate of drug-likeness (QED) is 0.151. The van der Waals surface area contributed by atoms with Gasteiger partial charge in [0.05, 0.1) is 13.2 Å². The number of rotatable bonds is 15. The van der Waals surface area contributed by atoms with Crippen LogP contribution in [0.2, 0.25) is 0 Å². The van der Waals surface area contributed by atoms with E-state index in [0.717, 1.165) is 42.3 Å². The Morgan fingerprint density at radius 2 is 1.44 bits per heavy atom. The van der Waals surface area contributed by atoms with E-state index in [1.54, 1.807) is 14.2 Å². The highest BCUT2D eigenvalue weighted by Crippen LogP contribution is 2.49. The third-order valence-corrected chi connectivity index (χ3v) is 7.51. The van der Waals surface area contributed by atoms with Crippen molar-refractivity contribution in [1.29, 1.82) is 0 Å². The minimum atomic E-state index is -0.220. The Bertz CT molecular complexity index is 1140. The Balaban J connectivity index is 1.49. The molecule has 3 aromatic carbocycles. The second-order valence-corrected chi connectivity index (χ2v) is 10.3. The number of ether oxygens (including phenoxy) is 6. The molecule has 6 heteroatoms. The van der Waals surface area contributed by atoms with Gasteiger partial charge in [0.15, 0.2) is 13.6 Å². The summed E-state index contributed by atoms with van der Waals surface area (Å²) in [6.07, 6.45) is 5.43. The first-order valence-electron chi connectivity index (χ1n) is 13.9. The summed E-state index contributed by atoms with van der Waals surface area (Å²) in [6, 6.07) is 22.9. The van der Waals surface area contributed by atoms with Crippen molar-refractivity contribution in [3.63, 3.8) is 0 Å². The Kier molecular flexibility index (Phi) is 10.5. The first kappa shape index (κ1) is 28.8. The maximum atomic E-state index is 6.35. The standard InChI is InChI=1S/C33H42O6/c1-5-6-8-25-10-14-27(15-11-25)36-20-7-9-31-30-19-18-29(39-24-35-4)21-32(30)37-22-33(31,2)26-12-16-28(17-13-26)38-23-34-3/h10-19,21,31H,5-9,20,22-24H2,1-4H3. The van der Waals surface area contributed by atoms with E-state index in [9.17, 15) is 0 Å². The highest BCUT2D eigenvalue weighted by atomic mass is 16.7. The predicted octanol–water partition coefficient (Wildman–Crippen LogP) is 7.29. The monoisotopic (exact) mass is 534 g/mol. The van der Waals surface area contributed by atoms with Crippen molar-refractivity contribution in [2.45, 2.75) is 57.3 Å². The summed E-state index contributed by atoms with van der Waals surface area (Å²) in [7, 11) is 3.24. The average molecular weight is 535 g/mol. The third kappa shape index (κ3) is 7.46.